The highest BCUT2D eigenvalue weighted by molar-refractivity contribution is 6.08. The van der Waals surface area contributed by atoms with Crippen LogP contribution in [0.25, 0.3) is 12.2 Å². The third-order valence-corrected chi connectivity index (χ3v) is 4.50. The number of hydrogen-bond acceptors (Lipinski definition) is 1. The second-order valence-corrected chi connectivity index (χ2v) is 6.46. The van der Waals surface area contributed by atoms with Crippen molar-refractivity contribution in [1.29, 1.82) is 0 Å². The minimum Gasteiger partial charge on any atom is -0.289 e. The van der Waals surface area contributed by atoms with Crippen LogP contribution in [0.15, 0.2) is 96.1 Å². The molecular formula is C25H24O. The van der Waals surface area contributed by atoms with E-state index < -0.39 is 0 Å². The van der Waals surface area contributed by atoms with Crippen molar-refractivity contribution in [1.82, 2.24) is 0 Å². The molecule has 0 N–H and O–H groups in total. The molecule has 3 rings (SSSR count). The average molecular weight is 340 g/mol. The first-order valence-corrected chi connectivity index (χ1v) is 9.22. The van der Waals surface area contributed by atoms with E-state index in [1.54, 1.807) is 0 Å². The van der Waals surface area contributed by atoms with Crippen molar-refractivity contribution in [3.8, 4) is 0 Å². The van der Waals surface area contributed by atoms with E-state index in [-0.39, 0.29) is 5.78 Å². The van der Waals surface area contributed by atoms with Gasteiger partial charge in [-0.05, 0) is 48.0 Å². The Morgan fingerprint density at radius 2 is 1.04 bits per heavy atom. The Hall–Kier alpha value is -2.93. The molecule has 26 heavy (non-hydrogen) atoms. The zero-order valence-corrected chi connectivity index (χ0v) is 15.0. The first-order valence-electron chi connectivity index (χ1n) is 9.22. The lowest BCUT2D eigenvalue weighted by Crippen LogP contribution is -2.03. The molecule has 0 spiro atoms. The molecule has 0 amide bonds. The molecule has 1 aliphatic rings. The van der Waals surface area contributed by atoms with Crippen LogP contribution in [-0.4, -0.2) is 5.78 Å². The fourth-order valence-corrected chi connectivity index (χ4v) is 3.06. The molecule has 2 aromatic carbocycles. The van der Waals surface area contributed by atoms with Crippen LogP contribution in [-0.2, 0) is 4.79 Å². The topological polar surface area (TPSA) is 17.1 Å². The van der Waals surface area contributed by atoms with E-state index in [4.69, 9.17) is 0 Å². The van der Waals surface area contributed by atoms with Crippen LogP contribution < -0.4 is 0 Å². The molecule has 1 saturated carbocycles. The van der Waals surface area contributed by atoms with E-state index in [2.05, 4.69) is 24.3 Å². The van der Waals surface area contributed by atoms with Crippen LogP contribution in [0, 0.1) is 0 Å². The Morgan fingerprint density at radius 3 is 1.46 bits per heavy atom. The van der Waals surface area contributed by atoms with Gasteiger partial charge in [-0.1, -0.05) is 97.1 Å². The van der Waals surface area contributed by atoms with Crippen molar-refractivity contribution in [2.24, 2.45) is 0 Å². The van der Waals surface area contributed by atoms with E-state index in [1.807, 2.05) is 72.9 Å². The number of carbonyl (C=O) groups is 1. The van der Waals surface area contributed by atoms with Crippen molar-refractivity contribution in [3.63, 3.8) is 0 Å². The summed E-state index contributed by atoms with van der Waals surface area (Å²) in [6, 6.07) is 20.3. The van der Waals surface area contributed by atoms with Gasteiger partial charge in [-0.3, -0.25) is 4.79 Å². The van der Waals surface area contributed by atoms with E-state index in [1.165, 1.54) is 0 Å². The van der Waals surface area contributed by atoms with Gasteiger partial charge >= 0.3 is 0 Å². The van der Waals surface area contributed by atoms with Crippen molar-refractivity contribution in [2.75, 3.05) is 0 Å². The number of rotatable bonds is 4. The van der Waals surface area contributed by atoms with Gasteiger partial charge < -0.3 is 0 Å². The largest absolute Gasteiger partial charge is 0.289 e. The van der Waals surface area contributed by atoms with Gasteiger partial charge in [0.2, 0.25) is 0 Å². The third-order valence-electron chi connectivity index (χ3n) is 4.50. The molecule has 0 radical (unpaired) electrons. The Kier molecular flexibility index (Phi) is 6.55. The second-order valence-electron chi connectivity index (χ2n) is 6.46. The smallest absolute Gasteiger partial charge is 0.184 e. The van der Waals surface area contributed by atoms with Gasteiger partial charge in [0.25, 0.3) is 0 Å². The lowest BCUT2D eigenvalue weighted by Gasteiger charge is -2.02. The summed E-state index contributed by atoms with van der Waals surface area (Å²) in [6.07, 6.45) is 15.9. The molecule has 1 aliphatic carbocycles. The maximum Gasteiger partial charge on any atom is 0.184 e. The lowest BCUT2D eigenvalue weighted by atomic mass is 10.0. The standard InChI is InChI=1S/C25H24O/c26-25-23(19-9-15-21-11-3-1-4-12-21)17-7-8-18-24(25)20-10-16-22-13-5-2-6-14-22/h1-6,9-16,19-20H,7-8,17-18H2/b15-9-,16-10+,23-19+,24-20+. The quantitative estimate of drug-likeness (QED) is 0.464. The summed E-state index contributed by atoms with van der Waals surface area (Å²) in [5.41, 5.74) is 4.11. The molecule has 0 saturated heterocycles. The Labute approximate surface area is 156 Å². The molecule has 1 fully saturated rings. The van der Waals surface area contributed by atoms with Crippen LogP contribution in [0.3, 0.4) is 0 Å². The number of hydrogen-bond donors (Lipinski definition) is 0. The first kappa shape index (κ1) is 17.9. The first-order chi connectivity index (χ1) is 12.8. The second kappa shape index (κ2) is 9.53. The van der Waals surface area contributed by atoms with Gasteiger partial charge in [-0.15, -0.1) is 0 Å². The van der Waals surface area contributed by atoms with Gasteiger partial charge in [0.15, 0.2) is 5.78 Å². The maximum absolute atomic E-state index is 12.8. The zero-order chi connectivity index (χ0) is 18.0. The summed E-state index contributed by atoms with van der Waals surface area (Å²) in [6.45, 7) is 0. The van der Waals surface area contributed by atoms with Crippen LogP contribution in [0.5, 0.6) is 0 Å². The molecule has 0 aromatic heterocycles. The van der Waals surface area contributed by atoms with Gasteiger partial charge in [-0.25, -0.2) is 0 Å². The normalized spacial score (nSPS) is 18.8. The van der Waals surface area contributed by atoms with Gasteiger partial charge in [-0.2, -0.15) is 0 Å². The zero-order valence-electron chi connectivity index (χ0n) is 15.0. The number of ketones is 1. The third kappa shape index (κ3) is 5.29. The van der Waals surface area contributed by atoms with Crippen LogP contribution in [0.2, 0.25) is 0 Å². The number of carbonyl (C=O) groups excluding carboxylic acids is 1. The summed E-state index contributed by atoms with van der Waals surface area (Å²) >= 11 is 0. The molecule has 0 unspecified atom stereocenters. The summed E-state index contributed by atoms with van der Waals surface area (Å²) in [5.74, 6) is 0.193. The Bertz CT molecular complexity index is 765. The summed E-state index contributed by atoms with van der Waals surface area (Å²) in [7, 11) is 0. The Balaban J connectivity index is 1.72. The van der Waals surface area contributed by atoms with Crippen molar-refractivity contribution in [3.05, 3.63) is 107 Å². The van der Waals surface area contributed by atoms with Crippen LogP contribution >= 0.6 is 0 Å². The number of benzene rings is 2. The molecule has 1 nitrogen and oxygen atoms in total. The fraction of sp³-hybridized carbons (Fsp3) is 0.160. The van der Waals surface area contributed by atoms with E-state index in [0.29, 0.717) is 0 Å². The minimum absolute atomic E-state index is 0.193. The highest BCUT2D eigenvalue weighted by atomic mass is 16.1. The highest BCUT2D eigenvalue weighted by Gasteiger charge is 2.17. The summed E-state index contributed by atoms with van der Waals surface area (Å²) in [4.78, 5) is 12.8. The molecule has 0 atom stereocenters. The molecule has 1 heteroatoms. The van der Waals surface area contributed by atoms with E-state index in [9.17, 15) is 4.79 Å². The molecule has 0 aliphatic heterocycles. The summed E-state index contributed by atoms with van der Waals surface area (Å²) in [5, 5.41) is 0. The average Bonchev–Trinajstić information content (AvgIpc) is 2.86. The van der Waals surface area contributed by atoms with E-state index >= 15 is 0 Å². The highest BCUT2D eigenvalue weighted by Crippen LogP contribution is 2.24. The molecule has 2 aromatic rings. The summed E-state index contributed by atoms with van der Waals surface area (Å²) < 4.78 is 0. The van der Waals surface area contributed by atoms with Crippen LogP contribution in [0.1, 0.15) is 36.8 Å². The fourth-order valence-electron chi connectivity index (χ4n) is 3.06. The molecule has 130 valence electrons. The predicted molar refractivity (Wildman–Crippen MR) is 111 cm³/mol. The monoisotopic (exact) mass is 340 g/mol. The van der Waals surface area contributed by atoms with E-state index in [0.717, 1.165) is 48.0 Å². The SMILES string of the molecule is O=C1/C(=C/C=C\c2ccccc2)CCCC/C1=C\C=C\c1ccccc1. The van der Waals surface area contributed by atoms with Crippen LogP contribution in [0.4, 0.5) is 0 Å². The van der Waals surface area contributed by atoms with Crippen molar-refractivity contribution in [2.45, 2.75) is 25.7 Å². The maximum atomic E-state index is 12.8. The number of allylic oxidation sites excluding steroid dienone is 6. The van der Waals surface area contributed by atoms with Crippen molar-refractivity contribution < 1.29 is 4.79 Å². The van der Waals surface area contributed by atoms with Crippen molar-refractivity contribution >= 4 is 17.9 Å². The molecule has 0 bridgehead atoms. The minimum atomic E-state index is 0.193. The Morgan fingerprint density at radius 1 is 0.615 bits per heavy atom. The molecule has 0 heterocycles. The van der Waals surface area contributed by atoms with Gasteiger partial charge in [0.1, 0.15) is 0 Å². The van der Waals surface area contributed by atoms with Gasteiger partial charge in [0.05, 0.1) is 0 Å². The number of Topliss-reactive ketones (excluding diaryl/α,β-unsaturated/α-hetero) is 1. The predicted octanol–water partition coefficient (Wildman–Crippen LogP) is 6.41. The lowest BCUT2D eigenvalue weighted by molar-refractivity contribution is -0.112. The molecular weight excluding hydrogens is 316 g/mol. The van der Waals surface area contributed by atoms with Gasteiger partial charge in [0, 0.05) is 0 Å².